The fraction of sp³-hybridized carbons (Fsp3) is 0.214. The first kappa shape index (κ1) is 14.4. The first-order valence-corrected chi connectivity index (χ1v) is 6.96. The number of H-pyrrole nitrogens is 2. The number of halogens is 1. The highest BCUT2D eigenvalue weighted by molar-refractivity contribution is 6.31. The van der Waals surface area contributed by atoms with Crippen LogP contribution in [0.25, 0.3) is 11.3 Å². The van der Waals surface area contributed by atoms with Crippen LogP contribution in [0.15, 0.2) is 29.5 Å². The normalized spacial score (nSPS) is 10.9. The Morgan fingerprint density at radius 1 is 1.41 bits per heavy atom. The topological polar surface area (TPSA) is 88.6 Å². The Balaban J connectivity index is 1.94. The Bertz CT molecular complexity index is 851. The number of benzene rings is 1. The minimum absolute atomic E-state index is 0.164. The molecule has 0 bridgehead atoms. The molecule has 0 radical (unpaired) electrons. The smallest absolute Gasteiger partial charge is 0.343 e. The van der Waals surface area contributed by atoms with E-state index in [0.717, 1.165) is 16.8 Å². The van der Waals surface area contributed by atoms with Gasteiger partial charge in [0.25, 0.3) is 0 Å². The molecule has 0 saturated heterocycles. The van der Waals surface area contributed by atoms with Gasteiger partial charge in [0.05, 0.1) is 18.2 Å². The molecule has 0 fully saturated rings. The zero-order chi connectivity index (χ0) is 15.7. The van der Waals surface area contributed by atoms with Crippen LogP contribution >= 0.6 is 11.6 Å². The Morgan fingerprint density at radius 2 is 2.23 bits per heavy atom. The average molecular weight is 320 g/mol. The third-order valence-electron chi connectivity index (χ3n) is 3.38. The van der Waals surface area contributed by atoms with Crippen LogP contribution in [0.2, 0.25) is 5.02 Å². The molecule has 2 N–H and O–H groups in total. The van der Waals surface area contributed by atoms with Crippen molar-refractivity contribution >= 4 is 11.6 Å². The lowest BCUT2D eigenvalue weighted by Gasteiger charge is -2.12. The van der Waals surface area contributed by atoms with Gasteiger partial charge in [-0.15, -0.1) is 0 Å². The molecule has 0 aliphatic carbocycles. The van der Waals surface area contributed by atoms with Gasteiger partial charge in [0.2, 0.25) is 0 Å². The van der Waals surface area contributed by atoms with E-state index in [4.69, 9.17) is 16.3 Å². The molecule has 8 heteroatoms. The molecular formula is C14H14ClN5O2. The SMILES string of the molecule is Cc1cc(OCc2n[nH]c(=O)n2C)c(-c2cnc[nH]2)cc1Cl. The Hall–Kier alpha value is -2.54. The van der Waals surface area contributed by atoms with Crippen LogP contribution in [-0.4, -0.2) is 24.7 Å². The number of hydrogen-bond donors (Lipinski definition) is 2. The van der Waals surface area contributed by atoms with Crippen molar-refractivity contribution in [3.8, 4) is 17.0 Å². The molecule has 3 rings (SSSR count). The van der Waals surface area contributed by atoms with E-state index < -0.39 is 0 Å². The molecule has 0 spiro atoms. The molecule has 7 nitrogen and oxygen atoms in total. The first-order valence-electron chi connectivity index (χ1n) is 6.58. The number of aromatic amines is 2. The molecule has 3 aromatic rings. The van der Waals surface area contributed by atoms with Crippen molar-refractivity contribution in [1.82, 2.24) is 24.7 Å². The minimum Gasteiger partial charge on any atom is -0.485 e. The van der Waals surface area contributed by atoms with Crippen molar-refractivity contribution in [1.29, 1.82) is 0 Å². The van der Waals surface area contributed by atoms with Crippen molar-refractivity contribution in [2.24, 2.45) is 7.05 Å². The summed E-state index contributed by atoms with van der Waals surface area (Å²) in [5.74, 6) is 1.15. The molecule has 0 aliphatic rings. The van der Waals surface area contributed by atoms with Crippen molar-refractivity contribution in [3.05, 3.63) is 51.6 Å². The van der Waals surface area contributed by atoms with E-state index >= 15 is 0 Å². The van der Waals surface area contributed by atoms with E-state index in [9.17, 15) is 4.79 Å². The molecule has 114 valence electrons. The van der Waals surface area contributed by atoms with Gasteiger partial charge in [-0.2, -0.15) is 5.10 Å². The maximum atomic E-state index is 11.4. The highest BCUT2D eigenvalue weighted by Gasteiger charge is 2.13. The zero-order valence-corrected chi connectivity index (χ0v) is 12.8. The Kier molecular flexibility index (Phi) is 3.72. The van der Waals surface area contributed by atoms with E-state index in [1.165, 1.54) is 4.57 Å². The third kappa shape index (κ3) is 2.62. The molecule has 0 atom stereocenters. The highest BCUT2D eigenvalue weighted by atomic mass is 35.5. The number of hydrogen-bond acceptors (Lipinski definition) is 4. The van der Waals surface area contributed by atoms with Gasteiger partial charge >= 0.3 is 5.69 Å². The van der Waals surface area contributed by atoms with Crippen molar-refractivity contribution < 1.29 is 4.74 Å². The monoisotopic (exact) mass is 319 g/mol. The maximum absolute atomic E-state index is 11.4. The van der Waals surface area contributed by atoms with E-state index in [1.54, 1.807) is 19.6 Å². The van der Waals surface area contributed by atoms with Crippen LogP contribution in [0.1, 0.15) is 11.4 Å². The quantitative estimate of drug-likeness (QED) is 0.770. The molecular weight excluding hydrogens is 306 g/mol. The highest BCUT2D eigenvalue weighted by Crippen LogP contribution is 2.34. The van der Waals surface area contributed by atoms with Crippen molar-refractivity contribution in [2.75, 3.05) is 0 Å². The van der Waals surface area contributed by atoms with Gasteiger partial charge in [0, 0.05) is 17.6 Å². The van der Waals surface area contributed by atoms with Crippen LogP contribution in [0, 0.1) is 6.92 Å². The van der Waals surface area contributed by atoms with Crippen molar-refractivity contribution in [3.63, 3.8) is 0 Å². The number of rotatable bonds is 4. The fourth-order valence-electron chi connectivity index (χ4n) is 2.04. The van der Waals surface area contributed by atoms with Crippen LogP contribution in [0.4, 0.5) is 0 Å². The largest absolute Gasteiger partial charge is 0.485 e. The number of imidazole rings is 1. The summed E-state index contributed by atoms with van der Waals surface area (Å²) < 4.78 is 7.23. The molecule has 22 heavy (non-hydrogen) atoms. The number of aryl methyl sites for hydroxylation is 1. The van der Waals surface area contributed by atoms with Gasteiger partial charge < -0.3 is 9.72 Å². The average Bonchev–Trinajstić information content (AvgIpc) is 3.12. The predicted molar refractivity (Wildman–Crippen MR) is 81.9 cm³/mol. The fourth-order valence-corrected chi connectivity index (χ4v) is 2.20. The summed E-state index contributed by atoms with van der Waals surface area (Å²) in [6.45, 7) is 2.06. The number of aromatic nitrogens is 5. The molecule has 0 amide bonds. The zero-order valence-electron chi connectivity index (χ0n) is 12.1. The maximum Gasteiger partial charge on any atom is 0.343 e. The van der Waals surface area contributed by atoms with E-state index in [1.807, 2.05) is 19.1 Å². The van der Waals surface area contributed by atoms with Gasteiger partial charge in [0.1, 0.15) is 12.4 Å². The standard InChI is InChI=1S/C14H14ClN5O2/c1-8-3-12(22-6-13-18-19-14(21)20(13)2)9(4-10(8)15)11-5-16-7-17-11/h3-5,7H,6H2,1-2H3,(H,16,17)(H,19,21). The van der Waals surface area contributed by atoms with Crippen LogP contribution in [0.5, 0.6) is 5.75 Å². The molecule has 0 aliphatic heterocycles. The van der Waals surface area contributed by atoms with Gasteiger partial charge in [0.15, 0.2) is 5.82 Å². The first-order chi connectivity index (χ1) is 10.6. The van der Waals surface area contributed by atoms with E-state index in [2.05, 4.69) is 20.2 Å². The lowest BCUT2D eigenvalue weighted by molar-refractivity contribution is 0.292. The predicted octanol–water partition coefficient (Wildman–Crippen LogP) is 2.04. The lowest BCUT2D eigenvalue weighted by atomic mass is 10.1. The number of nitrogens with one attached hydrogen (secondary N) is 2. The second-order valence-electron chi connectivity index (χ2n) is 4.86. The van der Waals surface area contributed by atoms with Gasteiger partial charge in [-0.25, -0.2) is 14.9 Å². The second-order valence-corrected chi connectivity index (χ2v) is 5.26. The van der Waals surface area contributed by atoms with E-state index in [0.29, 0.717) is 16.6 Å². The Morgan fingerprint density at radius 3 is 2.86 bits per heavy atom. The lowest BCUT2D eigenvalue weighted by Crippen LogP contribution is -2.15. The molecule has 1 aromatic carbocycles. The summed E-state index contributed by atoms with van der Waals surface area (Å²) in [5, 5.41) is 6.94. The van der Waals surface area contributed by atoms with Crippen LogP contribution in [0.3, 0.4) is 0 Å². The Labute approximate surface area is 130 Å². The number of nitrogens with zero attached hydrogens (tertiary/aromatic N) is 3. The molecule has 0 saturated carbocycles. The summed E-state index contributed by atoms with van der Waals surface area (Å²) in [5.41, 5.74) is 2.22. The number of ether oxygens (including phenoxy) is 1. The third-order valence-corrected chi connectivity index (χ3v) is 3.79. The summed E-state index contributed by atoms with van der Waals surface area (Å²) in [6.07, 6.45) is 3.28. The van der Waals surface area contributed by atoms with Crippen molar-refractivity contribution in [2.45, 2.75) is 13.5 Å². The van der Waals surface area contributed by atoms with Crippen LogP contribution in [-0.2, 0) is 13.7 Å². The van der Waals surface area contributed by atoms with Gasteiger partial charge in [-0.1, -0.05) is 11.6 Å². The van der Waals surface area contributed by atoms with Crippen LogP contribution < -0.4 is 10.4 Å². The minimum atomic E-state index is -0.278. The second kappa shape index (κ2) is 5.69. The van der Waals surface area contributed by atoms with Gasteiger partial charge in [-0.05, 0) is 24.6 Å². The summed E-state index contributed by atoms with van der Waals surface area (Å²) in [6, 6.07) is 3.67. The molecule has 2 aromatic heterocycles. The van der Waals surface area contributed by atoms with E-state index in [-0.39, 0.29) is 12.3 Å². The van der Waals surface area contributed by atoms with Gasteiger partial charge in [-0.3, -0.25) is 4.57 Å². The molecule has 0 unspecified atom stereocenters. The summed E-state index contributed by atoms with van der Waals surface area (Å²) >= 11 is 6.20. The molecule has 2 heterocycles. The summed E-state index contributed by atoms with van der Waals surface area (Å²) in [4.78, 5) is 18.4. The summed E-state index contributed by atoms with van der Waals surface area (Å²) in [7, 11) is 1.63.